The van der Waals surface area contributed by atoms with Crippen molar-refractivity contribution >= 4 is 11.6 Å². The molecule has 1 N–H and O–H groups in total. The standard InChI is InChI=1S/C15H19ClN2O/c1-18-14(8-9-17-18)7-6-12(11-19)10-13-4-2-3-5-15(13)16/h2-5,8-9,12,19H,6-7,10-11H2,1H3. The summed E-state index contributed by atoms with van der Waals surface area (Å²) < 4.78 is 1.88. The summed E-state index contributed by atoms with van der Waals surface area (Å²) >= 11 is 6.15. The van der Waals surface area contributed by atoms with Crippen LogP contribution in [0.3, 0.4) is 0 Å². The number of halogens is 1. The molecule has 0 aliphatic carbocycles. The van der Waals surface area contributed by atoms with E-state index in [9.17, 15) is 5.11 Å². The van der Waals surface area contributed by atoms with Crippen molar-refractivity contribution in [2.45, 2.75) is 19.3 Å². The number of nitrogens with zero attached hydrogens (tertiary/aromatic N) is 2. The molecular formula is C15H19ClN2O. The van der Waals surface area contributed by atoms with Gasteiger partial charge in [0, 0.05) is 30.6 Å². The van der Waals surface area contributed by atoms with Crippen molar-refractivity contribution in [3.63, 3.8) is 0 Å². The van der Waals surface area contributed by atoms with Crippen LogP contribution in [-0.2, 0) is 19.9 Å². The van der Waals surface area contributed by atoms with E-state index >= 15 is 0 Å². The Morgan fingerprint density at radius 2 is 2.11 bits per heavy atom. The first-order valence-corrected chi connectivity index (χ1v) is 6.89. The van der Waals surface area contributed by atoms with Gasteiger partial charge in [-0.15, -0.1) is 0 Å². The Hall–Kier alpha value is -1.32. The molecule has 0 saturated heterocycles. The average Bonchev–Trinajstić information content (AvgIpc) is 2.82. The molecule has 0 fully saturated rings. The molecule has 1 unspecified atom stereocenters. The Kier molecular flexibility index (Phi) is 5.00. The number of benzene rings is 1. The first-order valence-electron chi connectivity index (χ1n) is 6.52. The van der Waals surface area contributed by atoms with Crippen LogP contribution in [0.1, 0.15) is 17.7 Å². The van der Waals surface area contributed by atoms with Crippen molar-refractivity contribution in [2.24, 2.45) is 13.0 Å². The number of aliphatic hydroxyl groups is 1. The van der Waals surface area contributed by atoms with Crippen LogP contribution < -0.4 is 0 Å². The molecule has 0 saturated carbocycles. The number of aryl methyl sites for hydroxylation is 2. The van der Waals surface area contributed by atoms with Gasteiger partial charge in [0.15, 0.2) is 0 Å². The number of rotatable bonds is 6. The zero-order chi connectivity index (χ0) is 13.7. The van der Waals surface area contributed by atoms with Crippen molar-refractivity contribution in [3.05, 3.63) is 52.8 Å². The van der Waals surface area contributed by atoms with Crippen molar-refractivity contribution in [3.8, 4) is 0 Å². The number of hydrogen-bond donors (Lipinski definition) is 1. The summed E-state index contributed by atoms with van der Waals surface area (Å²) in [5, 5.41) is 14.4. The van der Waals surface area contributed by atoms with Gasteiger partial charge in [-0.25, -0.2) is 0 Å². The normalized spacial score (nSPS) is 12.6. The minimum Gasteiger partial charge on any atom is -0.396 e. The molecule has 2 aromatic rings. The smallest absolute Gasteiger partial charge is 0.0492 e. The van der Waals surface area contributed by atoms with Gasteiger partial charge in [0.1, 0.15) is 0 Å². The average molecular weight is 279 g/mol. The lowest BCUT2D eigenvalue weighted by Crippen LogP contribution is -2.12. The molecule has 1 heterocycles. The van der Waals surface area contributed by atoms with E-state index in [0.29, 0.717) is 0 Å². The van der Waals surface area contributed by atoms with E-state index in [4.69, 9.17) is 11.6 Å². The maximum Gasteiger partial charge on any atom is 0.0492 e. The van der Waals surface area contributed by atoms with E-state index in [2.05, 4.69) is 5.10 Å². The van der Waals surface area contributed by atoms with E-state index in [1.165, 1.54) is 5.69 Å². The van der Waals surface area contributed by atoms with Gasteiger partial charge in [0.05, 0.1) is 0 Å². The second-order valence-corrected chi connectivity index (χ2v) is 5.24. The molecule has 3 nitrogen and oxygen atoms in total. The topological polar surface area (TPSA) is 38.0 Å². The second-order valence-electron chi connectivity index (χ2n) is 4.83. The SMILES string of the molecule is Cn1nccc1CCC(CO)Cc1ccccc1Cl. The fourth-order valence-corrected chi connectivity index (χ4v) is 2.44. The monoisotopic (exact) mass is 278 g/mol. The number of hydrogen-bond acceptors (Lipinski definition) is 2. The lowest BCUT2D eigenvalue weighted by Gasteiger charge is -2.15. The highest BCUT2D eigenvalue weighted by molar-refractivity contribution is 6.31. The summed E-state index contributed by atoms with van der Waals surface area (Å²) in [5.74, 6) is 0.231. The van der Waals surface area contributed by atoms with Gasteiger partial charge in [-0.3, -0.25) is 4.68 Å². The maximum absolute atomic E-state index is 9.51. The molecule has 1 aromatic carbocycles. The molecule has 102 valence electrons. The van der Waals surface area contributed by atoms with Crippen LogP contribution in [-0.4, -0.2) is 21.5 Å². The molecule has 4 heteroatoms. The number of aromatic nitrogens is 2. The fourth-order valence-electron chi connectivity index (χ4n) is 2.23. The largest absolute Gasteiger partial charge is 0.396 e. The quantitative estimate of drug-likeness (QED) is 0.882. The third-order valence-electron chi connectivity index (χ3n) is 3.46. The van der Waals surface area contributed by atoms with Crippen LogP contribution in [0, 0.1) is 5.92 Å². The molecule has 0 bridgehead atoms. The molecule has 1 atom stereocenters. The zero-order valence-electron chi connectivity index (χ0n) is 11.1. The fraction of sp³-hybridized carbons (Fsp3) is 0.400. The minimum atomic E-state index is 0.184. The van der Waals surface area contributed by atoms with Crippen LogP contribution in [0.4, 0.5) is 0 Å². The van der Waals surface area contributed by atoms with Crippen molar-refractivity contribution in [2.75, 3.05) is 6.61 Å². The minimum absolute atomic E-state index is 0.184. The Morgan fingerprint density at radius 1 is 1.32 bits per heavy atom. The van der Waals surface area contributed by atoms with Crippen LogP contribution in [0.5, 0.6) is 0 Å². The van der Waals surface area contributed by atoms with Crippen LogP contribution in [0.15, 0.2) is 36.5 Å². The van der Waals surface area contributed by atoms with Gasteiger partial charge in [-0.2, -0.15) is 5.10 Å². The van der Waals surface area contributed by atoms with E-state index < -0.39 is 0 Å². The van der Waals surface area contributed by atoms with Gasteiger partial charge in [0.2, 0.25) is 0 Å². The Bertz CT molecular complexity index is 524. The summed E-state index contributed by atoms with van der Waals surface area (Å²) in [5.41, 5.74) is 2.30. The van der Waals surface area contributed by atoms with Gasteiger partial charge in [0.25, 0.3) is 0 Å². The highest BCUT2D eigenvalue weighted by Crippen LogP contribution is 2.21. The first kappa shape index (κ1) is 14.1. The third kappa shape index (κ3) is 3.82. The maximum atomic E-state index is 9.51. The summed E-state index contributed by atoms with van der Waals surface area (Å²) in [6.45, 7) is 0.184. The highest BCUT2D eigenvalue weighted by atomic mass is 35.5. The molecule has 0 spiro atoms. The summed E-state index contributed by atoms with van der Waals surface area (Å²) in [6, 6.07) is 9.84. The van der Waals surface area contributed by atoms with E-state index in [0.717, 1.165) is 29.8 Å². The lowest BCUT2D eigenvalue weighted by molar-refractivity contribution is 0.217. The Balaban J connectivity index is 1.94. The molecular weight excluding hydrogens is 260 g/mol. The van der Waals surface area contributed by atoms with Crippen LogP contribution >= 0.6 is 11.6 Å². The van der Waals surface area contributed by atoms with Crippen molar-refractivity contribution in [1.82, 2.24) is 9.78 Å². The molecule has 0 radical (unpaired) electrons. The second kappa shape index (κ2) is 6.73. The van der Waals surface area contributed by atoms with Gasteiger partial charge < -0.3 is 5.11 Å². The zero-order valence-corrected chi connectivity index (χ0v) is 11.8. The van der Waals surface area contributed by atoms with Crippen molar-refractivity contribution < 1.29 is 5.11 Å². The molecule has 0 aliphatic heterocycles. The van der Waals surface area contributed by atoms with E-state index in [1.54, 1.807) is 6.20 Å². The van der Waals surface area contributed by atoms with Crippen LogP contribution in [0.2, 0.25) is 5.02 Å². The predicted octanol–water partition coefficient (Wildman–Crippen LogP) is 2.86. The molecule has 1 aromatic heterocycles. The Morgan fingerprint density at radius 3 is 2.74 bits per heavy atom. The van der Waals surface area contributed by atoms with E-state index in [-0.39, 0.29) is 12.5 Å². The molecule has 0 amide bonds. The van der Waals surface area contributed by atoms with Crippen LogP contribution in [0.25, 0.3) is 0 Å². The van der Waals surface area contributed by atoms with Gasteiger partial charge in [-0.1, -0.05) is 29.8 Å². The number of aliphatic hydroxyl groups excluding tert-OH is 1. The first-order chi connectivity index (χ1) is 9.20. The van der Waals surface area contributed by atoms with Gasteiger partial charge >= 0.3 is 0 Å². The van der Waals surface area contributed by atoms with Crippen molar-refractivity contribution in [1.29, 1.82) is 0 Å². The summed E-state index contributed by atoms with van der Waals surface area (Å²) in [7, 11) is 1.94. The van der Waals surface area contributed by atoms with Gasteiger partial charge in [-0.05, 0) is 42.9 Å². The van der Waals surface area contributed by atoms with E-state index in [1.807, 2.05) is 42.1 Å². The predicted molar refractivity (Wildman–Crippen MR) is 77.3 cm³/mol. The molecule has 2 rings (SSSR count). The highest BCUT2D eigenvalue weighted by Gasteiger charge is 2.12. The molecule has 19 heavy (non-hydrogen) atoms. The third-order valence-corrected chi connectivity index (χ3v) is 3.82. The Labute approximate surface area is 118 Å². The lowest BCUT2D eigenvalue weighted by atomic mass is 9.95. The molecule has 0 aliphatic rings. The summed E-state index contributed by atoms with van der Waals surface area (Å²) in [6.07, 6.45) is 4.47. The summed E-state index contributed by atoms with van der Waals surface area (Å²) in [4.78, 5) is 0.